The molecule has 1 aromatic carbocycles. The second kappa shape index (κ2) is 8.67. The van der Waals surface area contributed by atoms with Crippen LogP contribution in [-0.2, 0) is 0 Å². The van der Waals surface area contributed by atoms with Gasteiger partial charge in [-0.1, -0.05) is 19.1 Å². The minimum atomic E-state index is -0.481. The third-order valence-corrected chi connectivity index (χ3v) is 4.96. The molecule has 0 unspecified atom stereocenters. The van der Waals surface area contributed by atoms with Crippen LogP contribution in [0.3, 0.4) is 0 Å². The van der Waals surface area contributed by atoms with E-state index < -0.39 is 6.10 Å². The predicted octanol–water partition coefficient (Wildman–Crippen LogP) is 2.43. The monoisotopic (exact) mass is 320 g/mol. The number of rotatable bonds is 8. The van der Waals surface area contributed by atoms with Crippen molar-refractivity contribution < 1.29 is 9.84 Å². The molecule has 1 aromatic rings. The van der Waals surface area contributed by atoms with E-state index in [-0.39, 0.29) is 0 Å². The van der Waals surface area contributed by atoms with Crippen LogP contribution in [0.2, 0.25) is 0 Å². The summed E-state index contributed by atoms with van der Waals surface area (Å²) in [4.78, 5) is 2.51. The first kappa shape index (κ1) is 18.2. The minimum absolute atomic E-state index is 0.334. The smallest absolute Gasteiger partial charge is 0.125 e. The van der Waals surface area contributed by atoms with Crippen molar-refractivity contribution >= 4 is 0 Å². The molecule has 0 aliphatic carbocycles. The Kier molecular flexibility index (Phi) is 6.88. The molecule has 0 radical (unpaired) electrons. The predicted molar refractivity (Wildman–Crippen MR) is 95.3 cm³/mol. The number of nitrogens with one attached hydrogen (secondary N) is 1. The molecule has 0 saturated carbocycles. The van der Waals surface area contributed by atoms with Crippen LogP contribution in [0.25, 0.3) is 0 Å². The van der Waals surface area contributed by atoms with E-state index in [0.717, 1.165) is 30.0 Å². The summed E-state index contributed by atoms with van der Waals surface area (Å²) in [5.74, 6) is 0.914. The SMILES string of the molecule is CCN1CCC[C@H]1CNC[C@@H](O)COc1c(C)ccc(C)c1C. The fraction of sp³-hybridized carbons (Fsp3) is 0.684. The first-order valence-electron chi connectivity index (χ1n) is 8.85. The lowest BCUT2D eigenvalue weighted by Gasteiger charge is -2.24. The minimum Gasteiger partial charge on any atom is -0.490 e. The van der Waals surface area contributed by atoms with Crippen molar-refractivity contribution in [3.05, 3.63) is 28.8 Å². The Labute approximate surface area is 140 Å². The van der Waals surface area contributed by atoms with Gasteiger partial charge in [0, 0.05) is 19.1 Å². The lowest BCUT2D eigenvalue weighted by molar-refractivity contribution is 0.103. The Hall–Kier alpha value is -1.10. The van der Waals surface area contributed by atoms with Crippen LogP contribution in [0.1, 0.15) is 36.5 Å². The molecular formula is C19H32N2O2. The maximum absolute atomic E-state index is 10.2. The summed E-state index contributed by atoms with van der Waals surface area (Å²) in [6.07, 6.45) is 2.07. The summed E-state index contributed by atoms with van der Waals surface area (Å²) in [5.41, 5.74) is 3.51. The van der Waals surface area contributed by atoms with Gasteiger partial charge < -0.3 is 15.2 Å². The van der Waals surface area contributed by atoms with Crippen molar-refractivity contribution in [3.63, 3.8) is 0 Å². The quantitative estimate of drug-likeness (QED) is 0.772. The summed E-state index contributed by atoms with van der Waals surface area (Å²) in [6.45, 7) is 12.6. The maximum atomic E-state index is 10.2. The molecule has 1 saturated heterocycles. The third kappa shape index (κ3) is 4.93. The molecule has 1 fully saturated rings. The number of ether oxygens (including phenoxy) is 1. The number of hydrogen-bond acceptors (Lipinski definition) is 4. The first-order chi connectivity index (χ1) is 11.0. The second-order valence-electron chi connectivity index (χ2n) is 6.70. The Balaban J connectivity index is 1.73. The molecule has 23 heavy (non-hydrogen) atoms. The second-order valence-corrected chi connectivity index (χ2v) is 6.70. The van der Waals surface area contributed by atoms with Crippen LogP contribution in [-0.4, -0.2) is 54.9 Å². The number of hydrogen-bond donors (Lipinski definition) is 2. The molecule has 1 aliphatic heterocycles. The zero-order valence-electron chi connectivity index (χ0n) is 15.1. The summed E-state index contributed by atoms with van der Waals surface area (Å²) < 4.78 is 5.87. The Morgan fingerprint density at radius 3 is 2.78 bits per heavy atom. The summed E-state index contributed by atoms with van der Waals surface area (Å²) in [5, 5.41) is 13.6. The van der Waals surface area contributed by atoms with Crippen LogP contribution >= 0.6 is 0 Å². The first-order valence-corrected chi connectivity index (χ1v) is 8.85. The van der Waals surface area contributed by atoms with Gasteiger partial charge in [-0.05, 0) is 63.4 Å². The molecule has 1 heterocycles. The average molecular weight is 320 g/mol. The summed E-state index contributed by atoms with van der Waals surface area (Å²) in [6, 6.07) is 4.80. The van der Waals surface area contributed by atoms with Crippen LogP contribution < -0.4 is 10.1 Å². The van der Waals surface area contributed by atoms with Gasteiger partial charge in [-0.3, -0.25) is 4.90 Å². The van der Waals surface area contributed by atoms with Crippen molar-refractivity contribution in [1.82, 2.24) is 10.2 Å². The van der Waals surface area contributed by atoms with Crippen LogP contribution in [0.4, 0.5) is 0 Å². The summed E-state index contributed by atoms with van der Waals surface area (Å²) >= 11 is 0. The highest BCUT2D eigenvalue weighted by molar-refractivity contribution is 5.44. The Morgan fingerprint density at radius 1 is 1.30 bits per heavy atom. The van der Waals surface area contributed by atoms with E-state index in [9.17, 15) is 5.11 Å². The lowest BCUT2D eigenvalue weighted by atomic mass is 10.1. The van der Waals surface area contributed by atoms with Gasteiger partial charge in [0.1, 0.15) is 18.5 Å². The number of aryl methyl sites for hydroxylation is 2. The van der Waals surface area contributed by atoms with Gasteiger partial charge in [-0.15, -0.1) is 0 Å². The number of aliphatic hydroxyl groups excluding tert-OH is 1. The lowest BCUT2D eigenvalue weighted by Crippen LogP contribution is -2.41. The van der Waals surface area contributed by atoms with E-state index in [2.05, 4.69) is 43.1 Å². The van der Waals surface area contributed by atoms with E-state index in [4.69, 9.17) is 4.74 Å². The van der Waals surface area contributed by atoms with Crippen molar-refractivity contribution in [2.45, 2.75) is 52.7 Å². The standard InChI is InChI=1S/C19H32N2O2/c1-5-21-10-6-7-17(21)11-20-12-18(22)13-23-19-15(3)9-8-14(2)16(19)4/h8-9,17-18,20,22H,5-7,10-13H2,1-4H3/t17-,18+/m0/s1. The average Bonchev–Trinajstić information content (AvgIpc) is 2.98. The van der Waals surface area contributed by atoms with Gasteiger partial charge in [0.05, 0.1) is 0 Å². The highest BCUT2D eigenvalue weighted by Crippen LogP contribution is 2.25. The topological polar surface area (TPSA) is 44.7 Å². The highest BCUT2D eigenvalue weighted by Gasteiger charge is 2.22. The third-order valence-electron chi connectivity index (χ3n) is 4.96. The number of likely N-dealkylation sites (N-methyl/N-ethyl adjacent to an activating group) is 1. The molecule has 2 atom stereocenters. The molecule has 0 amide bonds. The van der Waals surface area contributed by atoms with Crippen molar-refractivity contribution in [1.29, 1.82) is 0 Å². The largest absolute Gasteiger partial charge is 0.490 e. The molecule has 0 aromatic heterocycles. The van der Waals surface area contributed by atoms with E-state index in [1.165, 1.54) is 24.9 Å². The molecule has 130 valence electrons. The van der Waals surface area contributed by atoms with Crippen molar-refractivity contribution in [2.24, 2.45) is 0 Å². The van der Waals surface area contributed by atoms with Gasteiger partial charge >= 0.3 is 0 Å². The van der Waals surface area contributed by atoms with Gasteiger partial charge in [0.25, 0.3) is 0 Å². The molecule has 0 spiro atoms. The van der Waals surface area contributed by atoms with Gasteiger partial charge in [-0.25, -0.2) is 0 Å². The van der Waals surface area contributed by atoms with E-state index in [1.54, 1.807) is 0 Å². The van der Waals surface area contributed by atoms with E-state index in [0.29, 0.717) is 19.2 Å². The van der Waals surface area contributed by atoms with Crippen LogP contribution in [0.15, 0.2) is 12.1 Å². The van der Waals surface area contributed by atoms with E-state index >= 15 is 0 Å². The fourth-order valence-corrected chi connectivity index (χ4v) is 3.35. The van der Waals surface area contributed by atoms with Gasteiger partial charge in [0.15, 0.2) is 0 Å². The zero-order valence-corrected chi connectivity index (χ0v) is 15.1. The molecule has 2 rings (SSSR count). The van der Waals surface area contributed by atoms with Crippen LogP contribution in [0, 0.1) is 20.8 Å². The fourth-order valence-electron chi connectivity index (χ4n) is 3.35. The molecule has 0 bridgehead atoms. The van der Waals surface area contributed by atoms with Crippen molar-refractivity contribution in [3.8, 4) is 5.75 Å². The number of likely N-dealkylation sites (tertiary alicyclic amines) is 1. The highest BCUT2D eigenvalue weighted by atomic mass is 16.5. The molecule has 4 nitrogen and oxygen atoms in total. The number of nitrogens with zero attached hydrogens (tertiary/aromatic N) is 1. The number of benzene rings is 1. The molecule has 4 heteroatoms. The van der Waals surface area contributed by atoms with Gasteiger partial charge in [0.2, 0.25) is 0 Å². The normalized spacial score (nSPS) is 20.0. The molecule has 2 N–H and O–H groups in total. The van der Waals surface area contributed by atoms with Crippen LogP contribution in [0.5, 0.6) is 5.75 Å². The number of aliphatic hydroxyl groups is 1. The van der Waals surface area contributed by atoms with Gasteiger partial charge in [-0.2, -0.15) is 0 Å². The Morgan fingerprint density at radius 2 is 2.04 bits per heavy atom. The van der Waals surface area contributed by atoms with Crippen molar-refractivity contribution in [2.75, 3.05) is 32.8 Å². The maximum Gasteiger partial charge on any atom is 0.125 e. The molecule has 1 aliphatic rings. The zero-order chi connectivity index (χ0) is 16.8. The molecular weight excluding hydrogens is 288 g/mol. The van der Waals surface area contributed by atoms with E-state index in [1.807, 2.05) is 6.92 Å². The Bertz CT molecular complexity index is 504. The summed E-state index contributed by atoms with van der Waals surface area (Å²) in [7, 11) is 0.